The minimum atomic E-state index is 0.323. The molecule has 1 saturated heterocycles. The van der Waals surface area contributed by atoms with Crippen LogP contribution in [-0.2, 0) is 11.2 Å². The highest BCUT2D eigenvalue weighted by Gasteiger charge is 2.26. The molecule has 1 aliphatic rings. The van der Waals surface area contributed by atoms with Crippen molar-refractivity contribution >= 4 is 5.91 Å². The SMILES string of the molecule is CNCC(CCc1ccccc1)N1CCCC1=O. The predicted molar refractivity (Wildman–Crippen MR) is 73.4 cm³/mol. The largest absolute Gasteiger partial charge is 0.338 e. The molecule has 0 bridgehead atoms. The summed E-state index contributed by atoms with van der Waals surface area (Å²) in [6, 6.07) is 10.8. The summed E-state index contributed by atoms with van der Waals surface area (Å²) >= 11 is 0. The number of nitrogens with one attached hydrogen (secondary N) is 1. The number of carbonyl (C=O) groups excluding carboxylic acids is 1. The van der Waals surface area contributed by atoms with E-state index in [2.05, 4.69) is 34.5 Å². The lowest BCUT2D eigenvalue weighted by Gasteiger charge is -2.27. The highest BCUT2D eigenvalue weighted by Crippen LogP contribution is 2.17. The molecule has 0 radical (unpaired) electrons. The number of amides is 1. The summed E-state index contributed by atoms with van der Waals surface area (Å²) in [6.45, 7) is 1.82. The molecule has 0 spiro atoms. The van der Waals surface area contributed by atoms with Crippen molar-refractivity contribution in [3.8, 4) is 0 Å². The molecule has 1 atom stereocenters. The van der Waals surface area contributed by atoms with Crippen molar-refractivity contribution in [1.29, 1.82) is 0 Å². The molecule has 1 aliphatic heterocycles. The van der Waals surface area contributed by atoms with Crippen LogP contribution >= 0.6 is 0 Å². The first-order chi connectivity index (χ1) is 8.81. The van der Waals surface area contributed by atoms with Crippen LogP contribution in [0.3, 0.4) is 0 Å². The Morgan fingerprint density at radius 3 is 2.72 bits per heavy atom. The van der Waals surface area contributed by atoms with Crippen LogP contribution in [0.5, 0.6) is 0 Å². The molecule has 1 unspecified atom stereocenters. The second-order valence-electron chi connectivity index (χ2n) is 4.93. The standard InChI is InChI=1S/C15H22N2O/c1-16-12-14(17-11-5-8-15(17)18)10-9-13-6-3-2-4-7-13/h2-4,6-7,14,16H,5,8-12H2,1H3. The van der Waals surface area contributed by atoms with Gasteiger partial charge in [-0.15, -0.1) is 0 Å². The van der Waals surface area contributed by atoms with Gasteiger partial charge >= 0.3 is 0 Å². The van der Waals surface area contributed by atoms with E-state index in [1.807, 2.05) is 13.1 Å². The third-order valence-corrected chi connectivity index (χ3v) is 3.60. The number of hydrogen-bond acceptors (Lipinski definition) is 2. The van der Waals surface area contributed by atoms with Gasteiger partial charge in [0.05, 0.1) is 0 Å². The van der Waals surface area contributed by atoms with Crippen LogP contribution < -0.4 is 5.32 Å². The first-order valence-corrected chi connectivity index (χ1v) is 6.79. The molecular formula is C15H22N2O. The zero-order valence-corrected chi connectivity index (χ0v) is 11.1. The van der Waals surface area contributed by atoms with Crippen LogP contribution in [-0.4, -0.2) is 37.0 Å². The fraction of sp³-hybridized carbons (Fsp3) is 0.533. The molecule has 0 saturated carbocycles. The van der Waals surface area contributed by atoms with Crippen LogP contribution in [0, 0.1) is 0 Å². The van der Waals surface area contributed by atoms with Crippen molar-refractivity contribution in [2.75, 3.05) is 20.1 Å². The Hall–Kier alpha value is -1.35. The molecular weight excluding hydrogens is 224 g/mol. The summed E-state index contributed by atoms with van der Waals surface area (Å²) in [5.41, 5.74) is 1.35. The number of aryl methyl sites for hydroxylation is 1. The highest BCUT2D eigenvalue weighted by molar-refractivity contribution is 5.78. The van der Waals surface area contributed by atoms with Gasteiger partial charge in [-0.05, 0) is 31.9 Å². The van der Waals surface area contributed by atoms with Gasteiger partial charge in [0, 0.05) is 25.6 Å². The molecule has 1 heterocycles. The maximum atomic E-state index is 11.8. The second-order valence-corrected chi connectivity index (χ2v) is 4.93. The molecule has 1 aromatic rings. The van der Waals surface area contributed by atoms with Crippen molar-refractivity contribution in [2.45, 2.75) is 31.7 Å². The lowest BCUT2D eigenvalue weighted by Crippen LogP contribution is -2.42. The number of nitrogens with zero attached hydrogens (tertiary/aromatic N) is 1. The van der Waals surface area contributed by atoms with Gasteiger partial charge in [-0.1, -0.05) is 30.3 Å². The molecule has 3 heteroatoms. The van der Waals surface area contributed by atoms with E-state index in [9.17, 15) is 4.79 Å². The van der Waals surface area contributed by atoms with Crippen LogP contribution in [0.4, 0.5) is 0 Å². The quantitative estimate of drug-likeness (QED) is 0.830. The third kappa shape index (κ3) is 3.33. The summed E-state index contributed by atoms with van der Waals surface area (Å²) in [5.74, 6) is 0.323. The second kappa shape index (κ2) is 6.55. The lowest BCUT2D eigenvalue weighted by molar-refractivity contribution is -0.129. The van der Waals surface area contributed by atoms with E-state index in [-0.39, 0.29) is 0 Å². The molecule has 1 amide bonds. The molecule has 0 aromatic heterocycles. The summed E-state index contributed by atoms with van der Waals surface area (Å²) in [4.78, 5) is 13.9. The zero-order chi connectivity index (χ0) is 12.8. The van der Waals surface area contributed by atoms with E-state index in [4.69, 9.17) is 0 Å². The fourth-order valence-electron chi connectivity index (χ4n) is 2.64. The Morgan fingerprint density at radius 2 is 2.11 bits per heavy atom. The predicted octanol–water partition coefficient (Wildman–Crippen LogP) is 1.83. The smallest absolute Gasteiger partial charge is 0.222 e. The van der Waals surface area contributed by atoms with Crippen molar-refractivity contribution in [3.63, 3.8) is 0 Å². The van der Waals surface area contributed by atoms with Gasteiger partial charge in [-0.3, -0.25) is 4.79 Å². The van der Waals surface area contributed by atoms with E-state index in [1.165, 1.54) is 5.56 Å². The Kier molecular flexibility index (Phi) is 4.76. The van der Waals surface area contributed by atoms with E-state index in [1.54, 1.807) is 0 Å². The third-order valence-electron chi connectivity index (χ3n) is 3.60. The van der Waals surface area contributed by atoms with Gasteiger partial charge in [0.1, 0.15) is 0 Å². The zero-order valence-electron chi connectivity index (χ0n) is 11.1. The van der Waals surface area contributed by atoms with Crippen LogP contribution in [0.25, 0.3) is 0 Å². The van der Waals surface area contributed by atoms with E-state index in [0.717, 1.165) is 38.8 Å². The first kappa shape index (κ1) is 13.1. The van der Waals surface area contributed by atoms with Gasteiger partial charge in [0.25, 0.3) is 0 Å². The molecule has 3 nitrogen and oxygen atoms in total. The summed E-state index contributed by atoms with van der Waals surface area (Å²) < 4.78 is 0. The van der Waals surface area contributed by atoms with E-state index in [0.29, 0.717) is 11.9 Å². The van der Waals surface area contributed by atoms with Gasteiger partial charge < -0.3 is 10.2 Å². The number of likely N-dealkylation sites (N-methyl/N-ethyl adjacent to an activating group) is 1. The average Bonchev–Trinajstić information content (AvgIpc) is 2.82. The molecule has 1 aromatic carbocycles. The number of hydrogen-bond donors (Lipinski definition) is 1. The molecule has 1 N–H and O–H groups in total. The number of benzene rings is 1. The minimum absolute atomic E-state index is 0.323. The van der Waals surface area contributed by atoms with Crippen molar-refractivity contribution in [2.24, 2.45) is 0 Å². The highest BCUT2D eigenvalue weighted by atomic mass is 16.2. The van der Waals surface area contributed by atoms with Gasteiger partial charge in [0.2, 0.25) is 5.91 Å². The normalized spacial score (nSPS) is 17.2. The maximum Gasteiger partial charge on any atom is 0.222 e. The molecule has 2 rings (SSSR count). The average molecular weight is 246 g/mol. The first-order valence-electron chi connectivity index (χ1n) is 6.79. The minimum Gasteiger partial charge on any atom is -0.338 e. The Balaban J connectivity index is 1.92. The molecule has 18 heavy (non-hydrogen) atoms. The molecule has 98 valence electrons. The summed E-state index contributed by atoms with van der Waals surface area (Å²) in [6.07, 6.45) is 3.82. The van der Waals surface area contributed by atoms with E-state index < -0.39 is 0 Å². The number of carbonyl (C=O) groups is 1. The summed E-state index contributed by atoms with van der Waals surface area (Å²) in [7, 11) is 1.95. The fourth-order valence-corrected chi connectivity index (χ4v) is 2.64. The van der Waals surface area contributed by atoms with Crippen LogP contribution in [0.1, 0.15) is 24.8 Å². The maximum absolute atomic E-state index is 11.8. The summed E-state index contributed by atoms with van der Waals surface area (Å²) in [5, 5.41) is 3.21. The van der Waals surface area contributed by atoms with Gasteiger partial charge in [0.15, 0.2) is 0 Å². The molecule has 0 aliphatic carbocycles. The number of likely N-dealkylation sites (tertiary alicyclic amines) is 1. The van der Waals surface area contributed by atoms with Crippen LogP contribution in [0.2, 0.25) is 0 Å². The Bertz CT molecular complexity index is 377. The number of rotatable bonds is 6. The van der Waals surface area contributed by atoms with Crippen LogP contribution in [0.15, 0.2) is 30.3 Å². The van der Waals surface area contributed by atoms with E-state index >= 15 is 0 Å². The molecule has 1 fully saturated rings. The van der Waals surface area contributed by atoms with Crippen molar-refractivity contribution in [3.05, 3.63) is 35.9 Å². The van der Waals surface area contributed by atoms with Crippen molar-refractivity contribution < 1.29 is 4.79 Å². The topological polar surface area (TPSA) is 32.3 Å². The monoisotopic (exact) mass is 246 g/mol. The van der Waals surface area contributed by atoms with Gasteiger partial charge in [-0.2, -0.15) is 0 Å². The Labute approximate surface area is 109 Å². The van der Waals surface area contributed by atoms with Crippen molar-refractivity contribution in [1.82, 2.24) is 10.2 Å². The lowest BCUT2D eigenvalue weighted by atomic mass is 10.0. The Morgan fingerprint density at radius 1 is 1.33 bits per heavy atom. The van der Waals surface area contributed by atoms with Gasteiger partial charge in [-0.25, -0.2) is 0 Å².